The van der Waals surface area contributed by atoms with Crippen molar-refractivity contribution in [3.8, 4) is 0 Å². The van der Waals surface area contributed by atoms with E-state index < -0.39 is 11.9 Å². The highest BCUT2D eigenvalue weighted by molar-refractivity contribution is 7.99. The first-order valence-electron chi connectivity index (χ1n) is 8.73. The van der Waals surface area contributed by atoms with Gasteiger partial charge in [0.25, 0.3) is 5.91 Å². The second-order valence-corrected chi connectivity index (χ2v) is 7.38. The molecular weight excluding hydrogens is 372 g/mol. The Kier molecular flexibility index (Phi) is 6.45. The summed E-state index contributed by atoms with van der Waals surface area (Å²) >= 11 is 1.66. The number of nitrogens with zero attached hydrogens (tertiary/aromatic N) is 1. The molecule has 3 aromatic rings. The van der Waals surface area contributed by atoms with Crippen molar-refractivity contribution in [3.05, 3.63) is 83.7 Å². The molecule has 0 radical (unpaired) electrons. The van der Waals surface area contributed by atoms with Gasteiger partial charge >= 0.3 is 5.97 Å². The Morgan fingerprint density at radius 2 is 1.61 bits per heavy atom. The van der Waals surface area contributed by atoms with E-state index in [1.807, 2.05) is 24.3 Å². The van der Waals surface area contributed by atoms with E-state index in [9.17, 15) is 9.59 Å². The third-order valence-electron chi connectivity index (χ3n) is 4.10. The van der Waals surface area contributed by atoms with Crippen LogP contribution in [0.15, 0.2) is 76.8 Å². The van der Waals surface area contributed by atoms with Crippen molar-refractivity contribution in [2.75, 3.05) is 11.9 Å². The molecule has 0 bridgehead atoms. The number of pyridine rings is 1. The summed E-state index contributed by atoms with van der Waals surface area (Å²) in [6.45, 7) is 3.84. The molecule has 142 valence electrons. The number of aryl methyl sites for hydroxylation is 2. The molecule has 0 atom stereocenters. The molecule has 0 aliphatic rings. The molecule has 28 heavy (non-hydrogen) atoms. The Hall–Kier alpha value is -3.12. The number of anilines is 1. The molecule has 5 nitrogen and oxygen atoms in total. The van der Waals surface area contributed by atoms with E-state index in [1.165, 1.54) is 40.5 Å². The lowest BCUT2D eigenvalue weighted by atomic mass is 10.1. The summed E-state index contributed by atoms with van der Waals surface area (Å²) in [6, 6.07) is 17.0. The van der Waals surface area contributed by atoms with Crippen molar-refractivity contribution >= 4 is 29.3 Å². The normalized spacial score (nSPS) is 10.4. The molecule has 6 heteroatoms. The number of benzene rings is 2. The fourth-order valence-corrected chi connectivity index (χ4v) is 3.34. The Morgan fingerprint density at radius 3 is 2.29 bits per heavy atom. The third-order valence-corrected chi connectivity index (χ3v) is 5.10. The van der Waals surface area contributed by atoms with Gasteiger partial charge in [-0.3, -0.25) is 9.78 Å². The maximum Gasteiger partial charge on any atom is 0.338 e. The van der Waals surface area contributed by atoms with Gasteiger partial charge in [-0.25, -0.2) is 4.79 Å². The largest absolute Gasteiger partial charge is 0.452 e. The van der Waals surface area contributed by atoms with Crippen molar-refractivity contribution in [2.24, 2.45) is 0 Å². The summed E-state index contributed by atoms with van der Waals surface area (Å²) < 4.78 is 5.00. The molecule has 1 heterocycles. The number of carbonyl (C=O) groups is 2. The quantitative estimate of drug-likeness (QED) is 0.619. The van der Waals surface area contributed by atoms with E-state index in [0.29, 0.717) is 11.3 Å². The van der Waals surface area contributed by atoms with Crippen LogP contribution in [0, 0.1) is 13.8 Å². The number of rotatable bonds is 6. The van der Waals surface area contributed by atoms with Gasteiger partial charge in [-0.05, 0) is 73.5 Å². The second-order valence-electron chi connectivity index (χ2n) is 6.23. The van der Waals surface area contributed by atoms with Gasteiger partial charge in [0.15, 0.2) is 6.61 Å². The summed E-state index contributed by atoms with van der Waals surface area (Å²) in [4.78, 5) is 29.9. The maximum atomic E-state index is 12.0. The first kappa shape index (κ1) is 19.6. The first-order chi connectivity index (χ1) is 13.5. The summed E-state index contributed by atoms with van der Waals surface area (Å²) in [5, 5.41) is 2.72. The van der Waals surface area contributed by atoms with Gasteiger partial charge in [-0.1, -0.05) is 17.8 Å². The van der Waals surface area contributed by atoms with Crippen molar-refractivity contribution in [1.29, 1.82) is 0 Å². The Balaban J connectivity index is 1.51. The van der Waals surface area contributed by atoms with Crippen molar-refractivity contribution in [3.63, 3.8) is 0 Å². The number of hydrogen-bond donors (Lipinski definition) is 1. The minimum absolute atomic E-state index is 0.347. The van der Waals surface area contributed by atoms with E-state index >= 15 is 0 Å². The number of carbonyl (C=O) groups excluding carboxylic acids is 2. The second kappa shape index (κ2) is 9.19. The number of nitrogens with one attached hydrogen (secondary N) is 1. The molecule has 0 fully saturated rings. The molecule has 0 aliphatic heterocycles. The molecule has 0 aliphatic carbocycles. The average Bonchev–Trinajstić information content (AvgIpc) is 2.71. The van der Waals surface area contributed by atoms with Crippen LogP contribution in [0.3, 0.4) is 0 Å². The lowest BCUT2D eigenvalue weighted by Crippen LogP contribution is -2.20. The topological polar surface area (TPSA) is 68.3 Å². The van der Waals surface area contributed by atoms with Gasteiger partial charge in [0.1, 0.15) is 0 Å². The lowest BCUT2D eigenvalue weighted by Gasteiger charge is -2.08. The van der Waals surface area contributed by atoms with Gasteiger partial charge in [0, 0.05) is 27.9 Å². The summed E-state index contributed by atoms with van der Waals surface area (Å²) in [5.74, 6) is -0.949. The van der Waals surface area contributed by atoms with Crippen LogP contribution >= 0.6 is 11.8 Å². The molecule has 1 amide bonds. The van der Waals surface area contributed by atoms with Crippen LogP contribution in [-0.4, -0.2) is 23.5 Å². The molecule has 0 saturated carbocycles. The summed E-state index contributed by atoms with van der Waals surface area (Å²) in [6.07, 6.45) is 2.99. The van der Waals surface area contributed by atoms with Crippen molar-refractivity contribution in [1.82, 2.24) is 4.98 Å². The highest BCUT2D eigenvalue weighted by atomic mass is 32.2. The van der Waals surface area contributed by atoms with Gasteiger partial charge in [-0.15, -0.1) is 0 Å². The number of hydrogen-bond acceptors (Lipinski definition) is 5. The standard InChI is InChI=1S/C22H20N2O3S/c1-15-3-6-20(13-16(15)2)28-19-7-4-18(5-8-19)24-21(25)14-27-22(26)17-9-11-23-12-10-17/h3-13H,14H2,1-2H3,(H,24,25). The number of esters is 1. The fourth-order valence-electron chi connectivity index (χ4n) is 2.42. The Labute approximate surface area is 168 Å². The summed E-state index contributed by atoms with van der Waals surface area (Å²) in [5.41, 5.74) is 3.53. The minimum Gasteiger partial charge on any atom is -0.452 e. The zero-order valence-electron chi connectivity index (χ0n) is 15.6. The van der Waals surface area contributed by atoms with Gasteiger partial charge in [0.05, 0.1) is 5.56 Å². The zero-order valence-corrected chi connectivity index (χ0v) is 16.5. The van der Waals surface area contributed by atoms with Gasteiger partial charge < -0.3 is 10.1 Å². The molecule has 2 aromatic carbocycles. The molecule has 0 unspecified atom stereocenters. The van der Waals surface area contributed by atoms with Crippen LogP contribution in [0.1, 0.15) is 21.5 Å². The molecule has 0 spiro atoms. The highest BCUT2D eigenvalue weighted by Gasteiger charge is 2.10. The van der Waals surface area contributed by atoms with Crippen LogP contribution in [0.2, 0.25) is 0 Å². The van der Waals surface area contributed by atoms with E-state index in [2.05, 4.69) is 42.3 Å². The van der Waals surface area contributed by atoms with Crippen LogP contribution < -0.4 is 5.32 Å². The van der Waals surface area contributed by atoms with E-state index in [4.69, 9.17) is 4.74 Å². The predicted molar refractivity (Wildman–Crippen MR) is 110 cm³/mol. The SMILES string of the molecule is Cc1ccc(Sc2ccc(NC(=O)COC(=O)c3ccncc3)cc2)cc1C. The fraction of sp³-hybridized carbons (Fsp3) is 0.136. The number of aromatic nitrogens is 1. The summed E-state index contributed by atoms with van der Waals surface area (Å²) in [7, 11) is 0. The predicted octanol–water partition coefficient (Wildman–Crippen LogP) is 4.65. The Bertz CT molecular complexity index is 973. The van der Waals surface area contributed by atoms with Crippen LogP contribution in [0.5, 0.6) is 0 Å². The van der Waals surface area contributed by atoms with Gasteiger partial charge in [-0.2, -0.15) is 0 Å². The monoisotopic (exact) mass is 392 g/mol. The molecule has 1 aromatic heterocycles. The first-order valence-corrected chi connectivity index (χ1v) is 9.55. The Morgan fingerprint density at radius 1 is 0.929 bits per heavy atom. The third kappa shape index (κ3) is 5.44. The maximum absolute atomic E-state index is 12.0. The van der Waals surface area contributed by atoms with Crippen molar-refractivity contribution in [2.45, 2.75) is 23.6 Å². The lowest BCUT2D eigenvalue weighted by molar-refractivity contribution is -0.119. The van der Waals surface area contributed by atoms with Crippen LogP contribution in [0.25, 0.3) is 0 Å². The molecule has 1 N–H and O–H groups in total. The van der Waals surface area contributed by atoms with E-state index in [1.54, 1.807) is 11.8 Å². The molecule has 0 saturated heterocycles. The highest BCUT2D eigenvalue weighted by Crippen LogP contribution is 2.29. The smallest absolute Gasteiger partial charge is 0.338 e. The van der Waals surface area contributed by atoms with E-state index in [0.717, 1.165) is 4.90 Å². The van der Waals surface area contributed by atoms with Gasteiger partial charge in [0.2, 0.25) is 0 Å². The number of ether oxygens (including phenoxy) is 1. The van der Waals surface area contributed by atoms with Crippen molar-refractivity contribution < 1.29 is 14.3 Å². The van der Waals surface area contributed by atoms with E-state index in [-0.39, 0.29) is 6.61 Å². The number of amides is 1. The average molecular weight is 392 g/mol. The molecule has 3 rings (SSSR count). The minimum atomic E-state index is -0.558. The zero-order chi connectivity index (χ0) is 19.9. The van der Waals surface area contributed by atoms with Crippen LogP contribution in [-0.2, 0) is 9.53 Å². The molecular formula is C22H20N2O3S. The van der Waals surface area contributed by atoms with Crippen LogP contribution in [0.4, 0.5) is 5.69 Å².